The van der Waals surface area contributed by atoms with Gasteiger partial charge in [-0.3, -0.25) is 4.79 Å². The fourth-order valence-corrected chi connectivity index (χ4v) is 1.93. The van der Waals surface area contributed by atoms with Gasteiger partial charge in [-0.2, -0.15) is 0 Å². The van der Waals surface area contributed by atoms with Gasteiger partial charge in [-0.25, -0.2) is 0 Å². The number of amides is 1. The van der Waals surface area contributed by atoms with E-state index in [0.29, 0.717) is 5.92 Å². The van der Waals surface area contributed by atoms with E-state index < -0.39 is 5.54 Å². The van der Waals surface area contributed by atoms with Crippen molar-refractivity contribution in [3.8, 4) is 0 Å². The third-order valence-corrected chi connectivity index (χ3v) is 3.56. The van der Waals surface area contributed by atoms with Crippen LogP contribution in [0.25, 0.3) is 0 Å². The van der Waals surface area contributed by atoms with Gasteiger partial charge >= 0.3 is 0 Å². The quantitative estimate of drug-likeness (QED) is 0.805. The maximum Gasteiger partial charge on any atom is 0.240 e. The van der Waals surface area contributed by atoms with E-state index in [-0.39, 0.29) is 24.4 Å². The number of hydrogen-bond donors (Lipinski definition) is 2. The highest BCUT2D eigenvalue weighted by atomic mass is 35.5. The van der Waals surface area contributed by atoms with Crippen molar-refractivity contribution in [3.05, 3.63) is 0 Å². The summed E-state index contributed by atoms with van der Waals surface area (Å²) >= 11 is 0. The second-order valence-electron chi connectivity index (χ2n) is 5.22. The molecule has 1 rings (SSSR count). The highest BCUT2D eigenvalue weighted by Gasteiger charge is 2.35. The zero-order valence-corrected chi connectivity index (χ0v) is 11.4. The topological polar surface area (TPSA) is 55.1 Å². The minimum Gasteiger partial charge on any atom is -0.352 e. The summed E-state index contributed by atoms with van der Waals surface area (Å²) in [5, 5.41) is 3.03. The highest BCUT2D eigenvalue weighted by Crippen LogP contribution is 2.26. The Hall–Kier alpha value is -0.280. The van der Waals surface area contributed by atoms with Crippen LogP contribution in [0.5, 0.6) is 0 Å². The van der Waals surface area contributed by atoms with Crippen LogP contribution >= 0.6 is 12.4 Å². The molecule has 0 bridgehead atoms. The van der Waals surface area contributed by atoms with Crippen molar-refractivity contribution in [1.29, 1.82) is 0 Å². The summed E-state index contributed by atoms with van der Waals surface area (Å²) in [6.45, 7) is 6.25. The van der Waals surface area contributed by atoms with E-state index in [1.165, 1.54) is 6.42 Å². The lowest BCUT2D eigenvalue weighted by molar-refractivity contribution is -0.128. The summed E-state index contributed by atoms with van der Waals surface area (Å²) in [6.07, 6.45) is 5.05. The predicted octanol–water partition coefficient (Wildman–Crippen LogP) is 2.23. The number of halogens is 1. The van der Waals surface area contributed by atoms with Crippen molar-refractivity contribution in [2.24, 2.45) is 11.7 Å². The minimum absolute atomic E-state index is 0. The molecule has 1 aliphatic rings. The average Bonchev–Trinajstić information content (AvgIpc) is 2.18. The first-order chi connectivity index (χ1) is 6.96. The molecule has 0 saturated heterocycles. The van der Waals surface area contributed by atoms with Crippen LogP contribution in [0.15, 0.2) is 0 Å². The fraction of sp³-hybridized carbons (Fsp3) is 0.917. The van der Waals surface area contributed by atoms with Crippen LogP contribution in [-0.4, -0.2) is 17.5 Å². The van der Waals surface area contributed by atoms with Crippen LogP contribution in [0.2, 0.25) is 0 Å². The first-order valence-electron chi connectivity index (χ1n) is 6.05. The number of rotatable bonds is 3. The molecule has 3 nitrogen and oxygen atoms in total. The van der Waals surface area contributed by atoms with Crippen molar-refractivity contribution in [1.82, 2.24) is 5.32 Å². The summed E-state index contributed by atoms with van der Waals surface area (Å²) in [7, 11) is 0. The molecule has 4 heteroatoms. The Morgan fingerprint density at radius 3 is 2.12 bits per heavy atom. The second kappa shape index (κ2) is 6.45. The maximum atomic E-state index is 12.0. The van der Waals surface area contributed by atoms with Crippen molar-refractivity contribution in [2.75, 3.05) is 0 Å². The van der Waals surface area contributed by atoms with Crippen LogP contribution in [-0.2, 0) is 4.79 Å². The van der Waals surface area contributed by atoms with Gasteiger partial charge in [0.05, 0.1) is 5.54 Å². The molecule has 1 fully saturated rings. The van der Waals surface area contributed by atoms with Gasteiger partial charge in [0, 0.05) is 6.04 Å². The number of carbonyl (C=O) groups is 1. The summed E-state index contributed by atoms with van der Waals surface area (Å²) in [5.74, 6) is 0.504. The molecule has 0 aromatic rings. The molecular weight excluding hydrogens is 224 g/mol. The lowest BCUT2D eigenvalue weighted by Crippen LogP contribution is -2.57. The zero-order valence-electron chi connectivity index (χ0n) is 10.6. The van der Waals surface area contributed by atoms with Crippen LogP contribution in [0.3, 0.4) is 0 Å². The third kappa shape index (κ3) is 3.95. The van der Waals surface area contributed by atoms with Gasteiger partial charge in [-0.15, -0.1) is 12.4 Å². The van der Waals surface area contributed by atoms with E-state index in [2.05, 4.69) is 19.2 Å². The maximum absolute atomic E-state index is 12.0. The lowest BCUT2D eigenvalue weighted by Gasteiger charge is -2.33. The van der Waals surface area contributed by atoms with Gasteiger partial charge in [0.15, 0.2) is 0 Å². The minimum atomic E-state index is -0.596. The second-order valence-corrected chi connectivity index (χ2v) is 5.22. The molecule has 1 amide bonds. The third-order valence-electron chi connectivity index (χ3n) is 3.56. The van der Waals surface area contributed by atoms with Crippen molar-refractivity contribution < 1.29 is 4.79 Å². The molecule has 0 heterocycles. The van der Waals surface area contributed by atoms with E-state index in [4.69, 9.17) is 5.73 Å². The molecule has 1 aliphatic carbocycles. The average molecular weight is 249 g/mol. The SMILES string of the molecule is CC(C)C(C)NC(=O)C1(N)CCCCC1.Cl. The van der Waals surface area contributed by atoms with Gasteiger partial charge in [-0.05, 0) is 25.7 Å². The Labute approximate surface area is 105 Å². The van der Waals surface area contributed by atoms with Crippen LogP contribution in [0.4, 0.5) is 0 Å². The zero-order chi connectivity index (χ0) is 11.5. The molecule has 0 aromatic heterocycles. The van der Waals surface area contributed by atoms with Crippen LogP contribution in [0.1, 0.15) is 52.9 Å². The first-order valence-corrected chi connectivity index (χ1v) is 6.05. The molecule has 0 aromatic carbocycles. The van der Waals surface area contributed by atoms with Crippen LogP contribution < -0.4 is 11.1 Å². The Morgan fingerprint density at radius 1 is 1.19 bits per heavy atom. The van der Waals surface area contributed by atoms with Gasteiger partial charge in [0.1, 0.15) is 0 Å². The Balaban J connectivity index is 0.00000225. The van der Waals surface area contributed by atoms with Crippen molar-refractivity contribution in [2.45, 2.75) is 64.5 Å². The number of nitrogens with two attached hydrogens (primary N) is 1. The molecule has 16 heavy (non-hydrogen) atoms. The summed E-state index contributed by atoms with van der Waals surface area (Å²) in [4.78, 5) is 12.0. The molecule has 0 aliphatic heterocycles. The van der Waals surface area contributed by atoms with E-state index in [1.807, 2.05) is 6.92 Å². The molecule has 1 unspecified atom stereocenters. The standard InChI is InChI=1S/C12H24N2O.ClH/c1-9(2)10(3)14-11(15)12(13)7-5-4-6-8-12;/h9-10H,4-8,13H2,1-3H3,(H,14,15);1H. The first kappa shape index (κ1) is 15.7. The largest absolute Gasteiger partial charge is 0.352 e. The molecule has 0 radical (unpaired) electrons. The summed E-state index contributed by atoms with van der Waals surface area (Å²) in [6, 6.07) is 0.208. The van der Waals surface area contributed by atoms with Gasteiger partial charge < -0.3 is 11.1 Å². The monoisotopic (exact) mass is 248 g/mol. The Kier molecular flexibility index (Phi) is 6.34. The molecule has 0 spiro atoms. The normalized spacial score (nSPS) is 21.1. The Bertz CT molecular complexity index is 225. The molecule has 96 valence electrons. The van der Waals surface area contributed by atoms with Crippen molar-refractivity contribution in [3.63, 3.8) is 0 Å². The van der Waals surface area contributed by atoms with E-state index in [9.17, 15) is 4.79 Å². The van der Waals surface area contributed by atoms with Gasteiger partial charge in [0.25, 0.3) is 0 Å². The number of carbonyl (C=O) groups excluding carboxylic acids is 1. The molecular formula is C12H25ClN2O. The van der Waals surface area contributed by atoms with Gasteiger partial charge in [-0.1, -0.05) is 33.1 Å². The predicted molar refractivity (Wildman–Crippen MR) is 69.7 cm³/mol. The molecule has 1 saturated carbocycles. The number of hydrogen-bond acceptors (Lipinski definition) is 2. The molecule has 3 N–H and O–H groups in total. The van der Waals surface area contributed by atoms with Gasteiger partial charge in [0.2, 0.25) is 5.91 Å². The molecule has 1 atom stereocenters. The smallest absolute Gasteiger partial charge is 0.240 e. The van der Waals surface area contributed by atoms with E-state index in [1.54, 1.807) is 0 Å². The van der Waals surface area contributed by atoms with Crippen LogP contribution in [0, 0.1) is 5.92 Å². The Morgan fingerprint density at radius 2 is 1.69 bits per heavy atom. The number of nitrogens with one attached hydrogen (secondary N) is 1. The highest BCUT2D eigenvalue weighted by molar-refractivity contribution is 5.86. The van der Waals surface area contributed by atoms with E-state index in [0.717, 1.165) is 25.7 Å². The van der Waals surface area contributed by atoms with Crippen molar-refractivity contribution >= 4 is 18.3 Å². The fourth-order valence-electron chi connectivity index (χ4n) is 1.93. The lowest BCUT2D eigenvalue weighted by atomic mass is 9.81. The summed E-state index contributed by atoms with van der Waals surface area (Å²) in [5.41, 5.74) is 5.54. The van der Waals surface area contributed by atoms with E-state index >= 15 is 0 Å². The summed E-state index contributed by atoms with van der Waals surface area (Å²) < 4.78 is 0.